The van der Waals surface area contributed by atoms with Crippen molar-refractivity contribution in [1.82, 2.24) is 9.78 Å². The lowest BCUT2D eigenvalue weighted by molar-refractivity contribution is 0.0603. The number of nitrogen functional groups attached to an aromatic ring is 1. The zero-order valence-corrected chi connectivity index (χ0v) is 9.20. The Morgan fingerprint density at radius 2 is 2.33 bits per heavy atom. The molecule has 1 aromatic heterocycles. The molecular formula is C9H16N4O2. The highest BCUT2D eigenvalue weighted by Gasteiger charge is 2.21. The first-order valence-corrected chi connectivity index (χ1v) is 4.76. The Morgan fingerprint density at radius 3 is 2.87 bits per heavy atom. The van der Waals surface area contributed by atoms with E-state index in [-0.39, 0.29) is 0 Å². The second kappa shape index (κ2) is 4.68. The van der Waals surface area contributed by atoms with Crippen molar-refractivity contribution in [2.24, 2.45) is 7.05 Å². The first-order chi connectivity index (χ1) is 7.11. The van der Waals surface area contributed by atoms with Gasteiger partial charge in [0.25, 0.3) is 0 Å². The molecule has 0 aliphatic carbocycles. The van der Waals surface area contributed by atoms with Crippen molar-refractivity contribution in [1.29, 1.82) is 0 Å². The van der Waals surface area contributed by atoms with E-state index in [1.807, 2.05) is 6.92 Å². The van der Waals surface area contributed by atoms with E-state index in [0.29, 0.717) is 17.2 Å². The van der Waals surface area contributed by atoms with Crippen LogP contribution < -0.4 is 11.1 Å². The summed E-state index contributed by atoms with van der Waals surface area (Å²) in [6, 6.07) is 0. The molecule has 1 heterocycles. The molecule has 0 saturated heterocycles. The van der Waals surface area contributed by atoms with Crippen molar-refractivity contribution < 1.29 is 9.53 Å². The summed E-state index contributed by atoms with van der Waals surface area (Å²) in [7, 11) is 3.00. The lowest BCUT2D eigenvalue weighted by Gasteiger charge is -2.03. The van der Waals surface area contributed by atoms with Crippen molar-refractivity contribution in [3.8, 4) is 0 Å². The Balaban J connectivity index is 3.03. The van der Waals surface area contributed by atoms with Gasteiger partial charge in [0.2, 0.25) is 0 Å². The molecule has 0 spiro atoms. The van der Waals surface area contributed by atoms with Crippen molar-refractivity contribution in [2.75, 3.05) is 24.7 Å². The van der Waals surface area contributed by atoms with Crippen molar-refractivity contribution in [3.63, 3.8) is 0 Å². The number of ether oxygens (including phenoxy) is 1. The third kappa shape index (κ3) is 2.20. The summed E-state index contributed by atoms with van der Waals surface area (Å²) in [5.74, 6) is 0.309. The largest absolute Gasteiger partial charge is 0.465 e. The smallest absolute Gasteiger partial charge is 0.345 e. The minimum Gasteiger partial charge on any atom is -0.465 e. The second-order valence-electron chi connectivity index (χ2n) is 3.15. The summed E-state index contributed by atoms with van der Waals surface area (Å²) in [5.41, 5.74) is 6.01. The SMILES string of the molecule is CCCNc1nn(C)c(N)c1C(=O)OC. The Kier molecular flexibility index (Phi) is 3.54. The van der Waals surface area contributed by atoms with E-state index < -0.39 is 5.97 Å². The number of carbonyl (C=O) groups is 1. The Morgan fingerprint density at radius 1 is 1.67 bits per heavy atom. The molecule has 0 radical (unpaired) electrons. The van der Waals surface area contributed by atoms with Crippen LogP contribution in [0.25, 0.3) is 0 Å². The minimum absolute atomic E-state index is 0.299. The van der Waals surface area contributed by atoms with Crippen LogP contribution in [0.15, 0.2) is 0 Å². The third-order valence-electron chi connectivity index (χ3n) is 2.02. The van der Waals surface area contributed by atoms with Crippen LogP contribution in [0.5, 0.6) is 0 Å². The zero-order valence-electron chi connectivity index (χ0n) is 9.20. The molecule has 0 unspecified atom stereocenters. The van der Waals surface area contributed by atoms with Crippen molar-refractivity contribution in [3.05, 3.63) is 5.56 Å². The average Bonchev–Trinajstić information content (AvgIpc) is 2.51. The summed E-state index contributed by atoms with van der Waals surface area (Å²) in [4.78, 5) is 11.4. The topological polar surface area (TPSA) is 82.2 Å². The van der Waals surface area contributed by atoms with Crippen LogP contribution in [0.2, 0.25) is 0 Å². The van der Waals surface area contributed by atoms with Gasteiger partial charge >= 0.3 is 5.97 Å². The molecule has 0 amide bonds. The van der Waals surface area contributed by atoms with Gasteiger partial charge in [-0.25, -0.2) is 4.79 Å². The van der Waals surface area contributed by atoms with Gasteiger partial charge in [0.1, 0.15) is 11.4 Å². The van der Waals surface area contributed by atoms with E-state index in [1.54, 1.807) is 7.05 Å². The highest BCUT2D eigenvalue weighted by molar-refractivity contribution is 5.99. The number of rotatable bonds is 4. The number of methoxy groups -OCH3 is 1. The van der Waals surface area contributed by atoms with Gasteiger partial charge < -0.3 is 15.8 Å². The fraction of sp³-hybridized carbons (Fsp3) is 0.556. The fourth-order valence-electron chi connectivity index (χ4n) is 1.21. The van der Waals surface area contributed by atoms with Gasteiger partial charge in [-0.2, -0.15) is 5.10 Å². The average molecular weight is 212 g/mol. The van der Waals surface area contributed by atoms with Crippen molar-refractivity contribution >= 4 is 17.6 Å². The Hall–Kier alpha value is -1.72. The summed E-state index contributed by atoms with van der Waals surface area (Å²) < 4.78 is 6.09. The molecule has 0 saturated carbocycles. The van der Waals surface area contributed by atoms with E-state index in [0.717, 1.165) is 13.0 Å². The maximum Gasteiger partial charge on any atom is 0.345 e. The number of anilines is 2. The lowest BCUT2D eigenvalue weighted by atomic mass is 10.3. The first kappa shape index (κ1) is 11.4. The van der Waals surface area contributed by atoms with E-state index in [9.17, 15) is 4.79 Å². The Bertz CT molecular complexity index is 359. The highest BCUT2D eigenvalue weighted by Crippen LogP contribution is 2.21. The van der Waals surface area contributed by atoms with E-state index in [2.05, 4.69) is 15.2 Å². The maximum atomic E-state index is 11.4. The van der Waals surface area contributed by atoms with Gasteiger partial charge in [-0.05, 0) is 6.42 Å². The molecule has 84 valence electrons. The highest BCUT2D eigenvalue weighted by atomic mass is 16.5. The quantitative estimate of drug-likeness (QED) is 0.714. The monoisotopic (exact) mass is 212 g/mol. The number of aromatic nitrogens is 2. The molecule has 1 rings (SSSR count). The zero-order chi connectivity index (χ0) is 11.4. The van der Waals surface area contributed by atoms with Crippen LogP contribution in [-0.4, -0.2) is 29.4 Å². The summed E-state index contributed by atoms with van der Waals surface area (Å²) in [6.07, 6.45) is 0.942. The number of nitrogens with two attached hydrogens (primary N) is 1. The molecule has 6 nitrogen and oxygen atoms in total. The Labute approximate surface area is 88.4 Å². The van der Waals surface area contributed by atoms with Crippen LogP contribution in [0.3, 0.4) is 0 Å². The van der Waals surface area contributed by atoms with Gasteiger partial charge in [0, 0.05) is 13.6 Å². The van der Waals surface area contributed by atoms with Gasteiger partial charge in [-0.15, -0.1) is 0 Å². The molecule has 0 bridgehead atoms. The van der Waals surface area contributed by atoms with E-state index in [1.165, 1.54) is 11.8 Å². The lowest BCUT2D eigenvalue weighted by Crippen LogP contribution is -2.09. The molecule has 15 heavy (non-hydrogen) atoms. The number of hydrogen-bond acceptors (Lipinski definition) is 5. The molecule has 0 aliphatic rings. The summed E-state index contributed by atoms with van der Waals surface area (Å²) in [5, 5.41) is 7.12. The second-order valence-corrected chi connectivity index (χ2v) is 3.15. The normalized spacial score (nSPS) is 10.1. The molecular weight excluding hydrogens is 196 g/mol. The number of nitrogens with one attached hydrogen (secondary N) is 1. The predicted molar refractivity (Wildman–Crippen MR) is 57.7 cm³/mol. The van der Waals surface area contributed by atoms with Crippen LogP contribution in [0, 0.1) is 0 Å². The first-order valence-electron chi connectivity index (χ1n) is 4.76. The third-order valence-corrected chi connectivity index (χ3v) is 2.02. The van der Waals surface area contributed by atoms with Gasteiger partial charge in [-0.1, -0.05) is 6.92 Å². The van der Waals surface area contributed by atoms with Crippen LogP contribution in [-0.2, 0) is 11.8 Å². The van der Waals surface area contributed by atoms with Crippen molar-refractivity contribution in [2.45, 2.75) is 13.3 Å². The van der Waals surface area contributed by atoms with Gasteiger partial charge in [0.15, 0.2) is 5.82 Å². The van der Waals surface area contributed by atoms with E-state index >= 15 is 0 Å². The molecule has 0 aromatic carbocycles. The number of hydrogen-bond donors (Lipinski definition) is 2. The molecule has 0 fully saturated rings. The van der Waals surface area contributed by atoms with Crippen LogP contribution >= 0.6 is 0 Å². The maximum absolute atomic E-state index is 11.4. The fourth-order valence-corrected chi connectivity index (χ4v) is 1.21. The van der Waals surface area contributed by atoms with Gasteiger partial charge in [-0.3, -0.25) is 4.68 Å². The number of aryl methyl sites for hydroxylation is 1. The summed E-state index contributed by atoms with van der Waals surface area (Å²) >= 11 is 0. The van der Waals surface area contributed by atoms with Crippen LogP contribution in [0.1, 0.15) is 23.7 Å². The number of nitrogens with zero attached hydrogens (tertiary/aromatic N) is 2. The predicted octanol–water partition coefficient (Wildman–Crippen LogP) is 0.611. The van der Waals surface area contributed by atoms with E-state index in [4.69, 9.17) is 5.73 Å². The number of carbonyl (C=O) groups excluding carboxylic acids is 1. The van der Waals surface area contributed by atoms with Crippen LogP contribution in [0.4, 0.5) is 11.6 Å². The standard InChI is InChI=1S/C9H16N4O2/c1-4-5-11-8-6(9(14)15-3)7(10)13(2)12-8/h4-5,10H2,1-3H3,(H,11,12). The minimum atomic E-state index is -0.473. The molecule has 6 heteroatoms. The molecule has 1 aromatic rings. The molecule has 0 aliphatic heterocycles. The molecule has 0 atom stereocenters. The summed E-state index contributed by atoms with van der Waals surface area (Å²) in [6.45, 7) is 2.76. The molecule has 3 N–H and O–H groups in total. The van der Waals surface area contributed by atoms with Gasteiger partial charge in [0.05, 0.1) is 7.11 Å². The number of esters is 1.